The van der Waals surface area contributed by atoms with E-state index in [4.69, 9.17) is 0 Å². The minimum absolute atomic E-state index is 0.250. The van der Waals surface area contributed by atoms with Crippen LogP contribution in [0.1, 0.15) is 0 Å². The number of carbonyl (C=O) groups excluding carboxylic acids is 1. The van der Waals surface area contributed by atoms with Gasteiger partial charge in [0.1, 0.15) is 6.54 Å². The van der Waals surface area contributed by atoms with Crippen molar-refractivity contribution in [2.75, 3.05) is 18.4 Å². The largest absolute Gasteiger partial charge is 0.402 e. The number of anilines is 1. The molecule has 22 heavy (non-hydrogen) atoms. The fraction of sp³-hybridized carbons (Fsp3) is 0.250. The maximum Gasteiger partial charge on any atom is 0.402 e. The summed E-state index contributed by atoms with van der Waals surface area (Å²) in [7, 11) is -4.26. The van der Waals surface area contributed by atoms with Crippen LogP contribution < -0.4 is 15.4 Å². The van der Waals surface area contributed by atoms with Gasteiger partial charge in [-0.05, 0) is 24.3 Å². The Hall–Kier alpha value is -2.07. The van der Waals surface area contributed by atoms with Crippen molar-refractivity contribution in [2.45, 2.75) is 11.1 Å². The Balaban J connectivity index is 2.71. The van der Waals surface area contributed by atoms with Gasteiger partial charge in [-0.2, -0.15) is 13.2 Å². The van der Waals surface area contributed by atoms with Crippen LogP contribution >= 0.6 is 0 Å². The summed E-state index contributed by atoms with van der Waals surface area (Å²) in [5.74, 6) is 0. The number of carbonyl (C=O) groups is 1. The van der Waals surface area contributed by atoms with Crippen LogP contribution in [-0.4, -0.2) is 33.7 Å². The number of hydrogen-bond acceptors (Lipinski definition) is 3. The fourth-order valence-corrected chi connectivity index (χ4v) is 2.33. The van der Waals surface area contributed by atoms with Crippen molar-refractivity contribution in [1.82, 2.24) is 10.0 Å². The summed E-state index contributed by atoms with van der Waals surface area (Å²) in [5.41, 5.74) is 0.288. The molecule has 0 atom stereocenters. The predicted molar refractivity (Wildman–Crippen MR) is 74.9 cm³/mol. The lowest BCUT2D eigenvalue weighted by Gasteiger charge is -2.10. The number of sulfonamides is 1. The zero-order valence-electron chi connectivity index (χ0n) is 11.3. The number of rotatable bonds is 6. The van der Waals surface area contributed by atoms with E-state index in [1.54, 1.807) is 0 Å². The third-order valence-electron chi connectivity index (χ3n) is 2.29. The molecule has 10 heteroatoms. The number of benzene rings is 1. The van der Waals surface area contributed by atoms with Crippen molar-refractivity contribution < 1.29 is 26.4 Å². The molecule has 1 aromatic rings. The standard InChI is InChI=1S/C12H14F3N3O3S/c1-2-7-16-11(19)18-9-3-5-10(6-4-9)22(20,21)17-8-12(13,14)15/h2-6,17H,1,7-8H2,(H2,16,18,19). The van der Waals surface area contributed by atoms with Crippen molar-refractivity contribution in [3.63, 3.8) is 0 Å². The molecule has 1 aromatic carbocycles. The summed E-state index contributed by atoms with van der Waals surface area (Å²) in [6.45, 7) is 2.01. The summed E-state index contributed by atoms with van der Waals surface area (Å²) in [4.78, 5) is 11.0. The van der Waals surface area contributed by atoms with E-state index in [0.29, 0.717) is 0 Å². The average molecular weight is 337 g/mol. The van der Waals surface area contributed by atoms with Gasteiger partial charge in [0.25, 0.3) is 0 Å². The van der Waals surface area contributed by atoms with Crippen LogP contribution in [0, 0.1) is 0 Å². The van der Waals surface area contributed by atoms with Gasteiger partial charge in [0.2, 0.25) is 10.0 Å². The quantitative estimate of drug-likeness (QED) is 0.692. The highest BCUT2D eigenvalue weighted by Crippen LogP contribution is 2.17. The van der Waals surface area contributed by atoms with Crippen LogP contribution in [0.25, 0.3) is 0 Å². The van der Waals surface area contributed by atoms with Crippen LogP contribution in [0.15, 0.2) is 41.8 Å². The van der Waals surface area contributed by atoms with E-state index in [2.05, 4.69) is 17.2 Å². The van der Waals surface area contributed by atoms with Crippen molar-refractivity contribution in [2.24, 2.45) is 0 Å². The van der Waals surface area contributed by atoms with E-state index in [9.17, 15) is 26.4 Å². The van der Waals surface area contributed by atoms with E-state index in [1.165, 1.54) is 22.9 Å². The van der Waals surface area contributed by atoms with Crippen molar-refractivity contribution in [3.05, 3.63) is 36.9 Å². The number of amides is 2. The molecule has 0 fully saturated rings. The molecule has 0 aromatic heterocycles. The number of urea groups is 1. The highest BCUT2D eigenvalue weighted by atomic mass is 32.2. The normalized spacial score (nSPS) is 11.8. The average Bonchev–Trinajstić information content (AvgIpc) is 2.43. The first-order valence-electron chi connectivity index (χ1n) is 5.96. The van der Waals surface area contributed by atoms with Crippen LogP contribution in [0.2, 0.25) is 0 Å². The molecule has 0 heterocycles. The second-order valence-corrected chi connectivity index (χ2v) is 5.85. The first-order chi connectivity index (χ1) is 10.1. The maximum absolute atomic E-state index is 12.0. The van der Waals surface area contributed by atoms with Gasteiger partial charge in [0, 0.05) is 12.2 Å². The summed E-state index contributed by atoms with van der Waals surface area (Å²) in [6.07, 6.45) is -3.17. The molecule has 0 aliphatic heterocycles. The Morgan fingerprint density at radius 1 is 1.23 bits per heavy atom. The summed E-state index contributed by atoms with van der Waals surface area (Å²) < 4.78 is 60.8. The molecule has 0 saturated carbocycles. The molecule has 0 aliphatic carbocycles. The van der Waals surface area contributed by atoms with Crippen LogP contribution in [0.3, 0.4) is 0 Å². The van der Waals surface area contributed by atoms with E-state index in [-0.39, 0.29) is 17.1 Å². The lowest BCUT2D eigenvalue weighted by Crippen LogP contribution is -2.33. The number of hydrogen-bond donors (Lipinski definition) is 3. The molecule has 6 nitrogen and oxygen atoms in total. The SMILES string of the molecule is C=CCNC(=O)Nc1ccc(S(=O)(=O)NCC(F)(F)F)cc1. The molecule has 2 amide bonds. The first-order valence-corrected chi connectivity index (χ1v) is 7.44. The third kappa shape index (κ3) is 6.14. The first kappa shape index (κ1) is 18.0. The molecule has 1 rings (SSSR count). The molecular formula is C12H14F3N3O3S. The second-order valence-electron chi connectivity index (χ2n) is 4.09. The predicted octanol–water partition coefficient (Wildman–Crippen LogP) is 1.83. The topological polar surface area (TPSA) is 87.3 Å². The molecule has 3 N–H and O–H groups in total. The van der Waals surface area contributed by atoms with E-state index < -0.39 is 28.8 Å². The van der Waals surface area contributed by atoms with Gasteiger partial charge in [-0.15, -0.1) is 6.58 Å². The summed E-state index contributed by atoms with van der Waals surface area (Å²) >= 11 is 0. The van der Waals surface area contributed by atoms with Gasteiger partial charge in [0.05, 0.1) is 4.90 Å². The van der Waals surface area contributed by atoms with Gasteiger partial charge in [-0.3, -0.25) is 0 Å². The van der Waals surface area contributed by atoms with Crippen LogP contribution in [0.5, 0.6) is 0 Å². The fourth-order valence-electron chi connectivity index (χ4n) is 1.32. The molecule has 0 aliphatic rings. The number of alkyl halides is 3. The minimum Gasteiger partial charge on any atom is -0.334 e. The highest BCUT2D eigenvalue weighted by molar-refractivity contribution is 7.89. The molecule has 0 bridgehead atoms. The highest BCUT2D eigenvalue weighted by Gasteiger charge is 2.29. The van der Waals surface area contributed by atoms with Gasteiger partial charge >= 0.3 is 12.2 Å². The van der Waals surface area contributed by atoms with Gasteiger partial charge in [0.15, 0.2) is 0 Å². The van der Waals surface area contributed by atoms with E-state index in [0.717, 1.165) is 12.1 Å². The monoisotopic (exact) mass is 337 g/mol. The van der Waals surface area contributed by atoms with E-state index in [1.807, 2.05) is 0 Å². The molecule has 0 radical (unpaired) electrons. The minimum atomic E-state index is -4.64. The maximum atomic E-state index is 12.0. The van der Waals surface area contributed by atoms with Crippen molar-refractivity contribution in [1.29, 1.82) is 0 Å². The Labute approximate surface area is 125 Å². The van der Waals surface area contributed by atoms with Gasteiger partial charge in [-0.1, -0.05) is 6.08 Å². The smallest absolute Gasteiger partial charge is 0.334 e. The lowest BCUT2D eigenvalue weighted by atomic mass is 10.3. The van der Waals surface area contributed by atoms with Gasteiger partial charge in [-0.25, -0.2) is 17.9 Å². The Morgan fingerprint density at radius 2 is 1.82 bits per heavy atom. The molecule has 0 unspecified atom stereocenters. The second kappa shape index (κ2) is 7.27. The van der Waals surface area contributed by atoms with Crippen molar-refractivity contribution >= 4 is 21.7 Å². The number of nitrogens with one attached hydrogen (secondary N) is 3. The zero-order valence-corrected chi connectivity index (χ0v) is 12.1. The van der Waals surface area contributed by atoms with Crippen LogP contribution in [-0.2, 0) is 10.0 Å². The Bertz CT molecular complexity index is 627. The molecular weight excluding hydrogens is 323 g/mol. The van der Waals surface area contributed by atoms with Gasteiger partial charge < -0.3 is 10.6 Å². The lowest BCUT2D eigenvalue weighted by molar-refractivity contribution is -0.121. The van der Waals surface area contributed by atoms with Crippen LogP contribution in [0.4, 0.5) is 23.7 Å². The molecule has 122 valence electrons. The zero-order chi connectivity index (χ0) is 16.8. The van der Waals surface area contributed by atoms with Crippen molar-refractivity contribution in [3.8, 4) is 0 Å². The Morgan fingerprint density at radius 3 is 2.32 bits per heavy atom. The summed E-state index contributed by atoms with van der Waals surface area (Å²) in [6, 6.07) is 4.17. The molecule has 0 saturated heterocycles. The third-order valence-corrected chi connectivity index (χ3v) is 3.71. The Kier molecular flexibility index (Phi) is 5.94. The number of halogens is 3. The summed E-state index contributed by atoms with van der Waals surface area (Å²) in [5, 5.41) is 4.86. The van der Waals surface area contributed by atoms with E-state index >= 15 is 0 Å². The molecule has 0 spiro atoms.